The maximum atomic E-state index is 12.6. The lowest BCUT2D eigenvalue weighted by atomic mass is 10.0. The standard InChI is InChI=1S/C29H32O9/c1-4-6-22-25(11-9-20(17(3)30)28(22)35)36-15-18(31)16-37-26-12-10-21-24(32)14-19(8-13-27(33)34)38-29(21)23(26)7-5-2/h8-14,18,31,35H,4-7,15-16H2,1-3H3,(H,33,34)/b13-8+. The van der Waals surface area contributed by atoms with Gasteiger partial charge in [-0.25, -0.2) is 4.79 Å². The predicted octanol–water partition coefficient (Wildman–Crippen LogP) is 4.52. The Morgan fingerprint density at radius 3 is 2.21 bits per heavy atom. The van der Waals surface area contributed by atoms with Crippen LogP contribution in [0.4, 0.5) is 0 Å². The van der Waals surface area contributed by atoms with Crippen LogP contribution >= 0.6 is 0 Å². The fourth-order valence-electron chi connectivity index (χ4n) is 4.08. The molecule has 0 aliphatic rings. The first-order chi connectivity index (χ1) is 18.2. The summed E-state index contributed by atoms with van der Waals surface area (Å²) in [7, 11) is 0. The van der Waals surface area contributed by atoms with Crippen molar-refractivity contribution in [2.24, 2.45) is 0 Å². The van der Waals surface area contributed by atoms with Crippen LogP contribution in [0.5, 0.6) is 17.2 Å². The molecular formula is C29H32O9. The lowest BCUT2D eigenvalue weighted by Crippen LogP contribution is -2.25. The van der Waals surface area contributed by atoms with Gasteiger partial charge in [0.1, 0.15) is 47.9 Å². The minimum Gasteiger partial charge on any atom is -0.507 e. The number of aryl methyl sites for hydroxylation is 1. The van der Waals surface area contributed by atoms with Crippen molar-refractivity contribution in [2.75, 3.05) is 13.2 Å². The molecule has 0 aliphatic heterocycles. The lowest BCUT2D eigenvalue weighted by molar-refractivity contribution is -0.131. The monoisotopic (exact) mass is 524 g/mol. The zero-order valence-corrected chi connectivity index (χ0v) is 21.7. The molecule has 0 radical (unpaired) electrons. The highest BCUT2D eigenvalue weighted by Crippen LogP contribution is 2.33. The quantitative estimate of drug-likeness (QED) is 0.217. The van der Waals surface area contributed by atoms with Crippen LogP contribution in [0.3, 0.4) is 0 Å². The normalized spacial score (nSPS) is 12.1. The number of ketones is 1. The molecule has 0 fully saturated rings. The summed E-state index contributed by atoms with van der Waals surface area (Å²) in [5.41, 5.74) is 1.36. The fourth-order valence-corrected chi connectivity index (χ4v) is 4.08. The number of aliphatic hydroxyl groups excluding tert-OH is 1. The van der Waals surface area contributed by atoms with Crippen LogP contribution in [-0.2, 0) is 17.6 Å². The summed E-state index contributed by atoms with van der Waals surface area (Å²) in [6.07, 6.45) is 3.54. The van der Waals surface area contributed by atoms with Gasteiger partial charge in [0.05, 0.1) is 10.9 Å². The van der Waals surface area contributed by atoms with E-state index in [9.17, 15) is 24.6 Å². The molecule has 1 aromatic heterocycles. The van der Waals surface area contributed by atoms with E-state index in [0.717, 1.165) is 18.9 Å². The van der Waals surface area contributed by atoms with Crippen molar-refractivity contribution in [1.82, 2.24) is 0 Å². The number of carboxylic acids is 1. The molecular weight excluding hydrogens is 492 g/mol. The highest BCUT2D eigenvalue weighted by molar-refractivity contribution is 5.97. The summed E-state index contributed by atoms with van der Waals surface area (Å²) in [5, 5.41) is 30.3. The molecule has 1 heterocycles. The summed E-state index contributed by atoms with van der Waals surface area (Å²) in [6, 6.07) is 7.54. The minimum atomic E-state index is -1.17. The molecule has 3 rings (SSSR count). The van der Waals surface area contributed by atoms with Crippen molar-refractivity contribution in [1.29, 1.82) is 0 Å². The maximum absolute atomic E-state index is 12.6. The Balaban J connectivity index is 1.79. The van der Waals surface area contributed by atoms with Gasteiger partial charge in [-0.15, -0.1) is 0 Å². The van der Waals surface area contributed by atoms with Gasteiger partial charge >= 0.3 is 5.97 Å². The number of fused-ring (bicyclic) bond motifs is 1. The van der Waals surface area contributed by atoms with Crippen molar-refractivity contribution in [3.63, 3.8) is 0 Å². The average molecular weight is 525 g/mol. The van der Waals surface area contributed by atoms with Crippen molar-refractivity contribution >= 4 is 28.8 Å². The molecule has 0 amide bonds. The second-order valence-electron chi connectivity index (χ2n) is 8.87. The Morgan fingerprint density at radius 1 is 1.00 bits per heavy atom. The highest BCUT2D eigenvalue weighted by atomic mass is 16.5. The van der Waals surface area contributed by atoms with Gasteiger partial charge < -0.3 is 29.2 Å². The van der Waals surface area contributed by atoms with Gasteiger partial charge in [0, 0.05) is 23.3 Å². The van der Waals surface area contributed by atoms with E-state index in [0.29, 0.717) is 46.4 Å². The Bertz CT molecular complexity index is 1400. The fraction of sp³-hybridized carbons (Fsp3) is 0.345. The van der Waals surface area contributed by atoms with Crippen LogP contribution in [0.15, 0.2) is 45.6 Å². The number of aromatic hydroxyl groups is 1. The molecule has 38 heavy (non-hydrogen) atoms. The summed E-state index contributed by atoms with van der Waals surface area (Å²) in [5.74, 6) is -0.608. The Morgan fingerprint density at radius 2 is 1.61 bits per heavy atom. The number of carboxylic acid groups (broad SMARTS) is 1. The van der Waals surface area contributed by atoms with Gasteiger partial charge in [-0.1, -0.05) is 26.7 Å². The van der Waals surface area contributed by atoms with E-state index in [1.54, 1.807) is 18.2 Å². The molecule has 3 aromatic rings. The zero-order valence-electron chi connectivity index (χ0n) is 21.7. The Labute approximate surface area is 219 Å². The molecule has 0 saturated heterocycles. The number of phenols is 1. The third kappa shape index (κ3) is 6.80. The molecule has 1 unspecified atom stereocenters. The molecule has 0 bridgehead atoms. The van der Waals surface area contributed by atoms with E-state index in [2.05, 4.69) is 0 Å². The number of phenolic OH excluding ortho intramolecular Hbond substituents is 1. The van der Waals surface area contributed by atoms with Gasteiger partial charge in [-0.2, -0.15) is 0 Å². The molecule has 3 N–H and O–H groups in total. The Hall–Kier alpha value is -4.11. The number of aliphatic carboxylic acids is 1. The van der Waals surface area contributed by atoms with Crippen LogP contribution in [0.1, 0.15) is 60.9 Å². The number of hydrogen-bond donors (Lipinski definition) is 3. The second-order valence-corrected chi connectivity index (χ2v) is 8.87. The van der Waals surface area contributed by atoms with Gasteiger partial charge in [0.2, 0.25) is 0 Å². The topological polar surface area (TPSA) is 144 Å². The van der Waals surface area contributed by atoms with E-state index in [1.807, 2.05) is 13.8 Å². The minimum absolute atomic E-state index is 0.106. The van der Waals surface area contributed by atoms with Gasteiger partial charge in [-0.05, 0) is 50.1 Å². The van der Waals surface area contributed by atoms with Gasteiger partial charge in [0.15, 0.2) is 11.2 Å². The van der Waals surface area contributed by atoms with Crippen LogP contribution in [0.25, 0.3) is 17.0 Å². The van der Waals surface area contributed by atoms with Crippen molar-refractivity contribution in [3.8, 4) is 17.2 Å². The molecule has 0 aliphatic carbocycles. The second kappa shape index (κ2) is 12.9. The van der Waals surface area contributed by atoms with E-state index in [4.69, 9.17) is 19.0 Å². The smallest absolute Gasteiger partial charge is 0.328 e. The van der Waals surface area contributed by atoms with Gasteiger partial charge in [0.25, 0.3) is 0 Å². The third-order valence-corrected chi connectivity index (χ3v) is 5.85. The molecule has 9 nitrogen and oxygen atoms in total. The largest absolute Gasteiger partial charge is 0.507 e. The number of rotatable bonds is 13. The number of hydrogen-bond acceptors (Lipinski definition) is 8. The number of aliphatic hydroxyl groups is 1. The molecule has 0 saturated carbocycles. The maximum Gasteiger partial charge on any atom is 0.328 e. The number of benzene rings is 2. The first kappa shape index (κ1) is 28.5. The van der Waals surface area contributed by atoms with E-state index < -0.39 is 12.1 Å². The van der Waals surface area contributed by atoms with Crippen LogP contribution in [-0.4, -0.2) is 46.4 Å². The van der Waals surface area contributed by atoms with Crippen LogP contribution < -0.4 is 14.9 Å². The Kier molecular flexibility index (Phi) is 9.67. The first-order valence-electron chi connectivity index (χ1n) is 12.5. The number of ether oxygens (including phenoxy) is 2. The molecule has 0 spiro atoms. The summed E-state index contributed by atoms with van der Waals surface area (Å²) in [4.78, 5) is 35.2. The summed E-state index contributed by atoms with van der Waals surface area (Å²) < 4.78 is 17.5. The van der Waals surface area contributed by atoms with Crippen LogP contribution in [0, 0.1) is 0 Å². The van der Waals surface area contributed by atoms with Crippen molar-refractivity contribution in [3.05, 3.63) is 69.1 Å². The third-order valence-electron chi connectivity index (χ3n) is 5.85. The highest BCUT2D eigenvalue weighted by Gasteiger charge is 2.18. The van der Waals surface area contributed by atoms with Crippen molar-refractivity contribution in [2.45, 2.75) is 52.6 Å². The summed E-state index contributed by atoms with van der Waals surface area (Å²) >= 11 is 0. The lowest BCUT2D eigenvalue weighted by Gasteiger charge is -2.18. The molecule has 202 valence electrons. The molecule has 2 aromatic carbocycles. The van der Waals surface area contributed by atoms with Crippen molar-refractivity contribution < 1.29 is 38.8 Å². The van der Waals surface area contributed by atoms with E-state index >= 15 is 0 Å². The molecule has 1 atom stereocenters. The van der Waals surface area contributed by atoms with E-state index in [1.165, 1.54) is 25.1 Å². The SMILES string of the molecule is CCCc1c(OCC(O)COc2ccc3c(=O)cc(/C=C/C(=O)O)oc3c2CCC)ccc(C(C)=O)c1O. The number of Topliss-reactive ketones (excluding diaryl/α,β-unsaturated/α-hetero) is 1. The zero-order chi connectivity index (χ0) is 27.8. The number of carbonyl (C=O) groups is 2. The predicted molar refractivity (Wildman–Crippen MR) is 142 cm³/mol. The average Bonchev–Trinajstić information content (AvgIpc) is 2.87. The van der Waals surface area contributed by atoms with Gasteiger partial charge in [-0.3, -0.25) is 9.59 Å². The van der Waals surface area contributed by atoms with Crippen LogP contribution in [0.2, 0.25) is 0 Å². The number of carbonyl (C=O) groups excluding carboxylic acids is 1. The summed E-state index contributed by atoms with van der Waals surface area (Å²) in [6.45, 7) is 5.04. The first-order valence-corrected chi connectivity index (χ1v) is 12.5. The van der Waals surface area contributed by atoms with E-state index in [-0.39, 0.29) is 41.5 Å². The molecule has 9 heteroatoms.